The van der Waals surface area contributed by atoms with Crippen molar-refractivity contribution in [1.82, 2.24) is 4.90 Å². The third-order valence-corrected chi connectivity index (χ3v) is 6.83. The number of hydrogen-bond donors (Lipinski definition) is 3. The van der Waals surface area contributed by atoms with Crippen molar-refractivity contribution in [3.63, 3.8) is 0 Å². The van der Waals surface area contributed by atoms with E-state index in [0.717, 1.165) is 0 Å². The van der Waals surface area contributed by atoms with Crippen LogP contribution in [0.4, 0.5) is 21.0 Å². The van der Waals surface area contributed by atoms with Gasteiger partial charge in [-0.25, -0.2) is 9.59 Å². The van der Waals surface area contributed by atoms with E-state index in [-0.39, 0.29) is 0 Å². The molecular formula is C33H35N3O5. The molecule has 0 saturated heterocycles. The first kappa shape index (κ1) is 29.3. The lowest BCUT2D eigenvalue weighted by Crippen LogP contribution is -2.34. The largest absolute Gasteiger partial charge is 0.453 e. The van der Waals surface area contributed by atoms with Crippen LogP contribution in [-0.2, 0) is 28.2 Å². The fraction of sp³-hybridized carbons (Fsp3) is 0.212. The average Bonchev–Trinajstić information content (AvgIpc) is 3.01. The minimum atomic E-state index is -1.47. The van der Waals surface area contributed by atoms with Gasteiger partial charge in [0.25, 0.3) is 0 Å². The van der Waals surface area contributed by atoms with Crippen LogP contribution in [0.3, 0.4) is 0 Å². The summed E-state index contributed by atoms with van der Waals surface area (Å²) in [5.74, 6) is 0. The number of carbonyl (C=O) groups excluding carboxylic acids is 2. The van der Waals surface area contributed by atoms with E-state index in [0.29, 0.717) is 48.6 Å². The summed E-state index contributed by atoms with van der Waals surface area (Å²) in [5.41, 5.74) is 3.01. The molecule has 41 heavy (non-hydrogen) atoms. The number of rotatable bonds is 11. The zero-order valence-electron chi connectivity index (χ0n) is 23.2. The smallest absolute Gasteiger partial charge is 0.411 e. The number of nitrogens with zero attached hydrogens (tertiary/aromatic N) is 1. The van der Waals surface area contributed by atoms with Gasteiger partial charge >= 0.3 is 12.2 Å². The topological polar surface area (TPSA) is 100 Å². The molecule has 0 aromatic heterocycles. The second-order valence-corrected chi connectivity index (χ2v) is 9.69. The van der Waals surface area contributed by atoms with Crippen LogP contribution in [0.15, 0.2) is 109 Å². The maximum absolute atomic E-state index is 12.5. The number of methoxy groups -OCH3 is 2. The molecule has 0 atom stereocenters. The third kappa shape index (κ3) is 8.17. The predicted molar refractivity (Wildman–Crippen MR) is 160 cm³/mol. The number of carbonyl (C=O) groups is 2. The second kappa shape index (κ2) is 14.1. The predicted octanol–water partition coefficient (Wildman–Crippen LogP) is 6.37. The molecule has 0 heterocycles. The van der Waals surface area contributed by atoms with Crippen molar-refractivity contribution in [2.24, 2.45) is 0 Å². The molecule has 2 amide bonds. The maximum Gasteiger partial charge on any atom is 0.411 e. The van der Waals surface area contributed by atoms with E-state index in [1.54, 1.807) is 36.4 Å². The van der Waals surface area contributed by atoms with E-state index in [1.165, 1.54) is 25.3 Å². The molecule has 4 aromatic carbocycles. The Hall–Kier alpha value is -4.66. The van der Waals surface area contributed by atoms with Gasteiger partial charge in [0.15, 0.2) is 0 Å². The van der Waals surface area contributed by atoms with Crippen LogP contribution >= 0.6 is 0 Å². The zero-order valence-corrected chi connectivity index (χ0v) is 23.2. The Morgan fingerprint density at radius 1 is 0.683 bits per heavy atom. The Morgan fingerprint density at radius 3 is 1.54 bits per heavy atom. The Morgan fingerprint density at radius 2 is 1.12 bits per heavy atom. The quantitative estimate of drug-likeness (QED) is 0.200. The Labute approximate surface area is 240 Å². The lowest BCUT2D eigenvalue weighted by Gasteiger charge is -2.33. The zero-order chi connectivity index (χ0) is 29.1. The van der Waals surface area contributed by atoms with Gasteiger partial charge in [-0.1, -0.05) is 84.9 Å². The molecule has 0 saturated carbocycles. The number of aliphatic hydroxyl groups is 1. The molecule has 4 rings (SSSR count). The van der Waals surface area contributed by atoms with E-state index >= 15 is 0 Å². The molecule has 0 bridgehead atoms. The van der Waals surface area contributed by atoms with Gasteiger partial charge in [0.1, 0.15) is 5.60 Å². The number of ether oxygens (including phenoxy) is 2. The molecule has 0 radical (unpaired) electrons. The molecule has 0 fully saturated rings. The van der Waals surface area contributed by atoms with Crippen LogP contribution in [0.5, 0.6) is 0 Å². The van der Waals surface area contributed by atoms with E-state index in [1.807, 2.05) is 48.5 Å². The van der Waals surface area contributed by atoms with Crippen LogP contribution in [-0.4, -0.2) is 43.0 Å². The van der Waals surface area contributed by atoms with Crippen molar-refractivity contribution in [1.29, 1.82) is 0 Å². The van der Waals surface area contributed by atoms with Gasteiger partial charge < -0.3 is 14.6 Å². The number of amides is 2. The first-order chi connectivity index (χ1) is 19.9. The fourth-order valence-electron chi connectivity index (χ4n) is 4.72. The molecule has 8 nitrogen and oxygen atoms in total. The molecule has 3 N–H and O–H groups in total. The van der Waals surface area contributed by atoms with Gasteiger partial charge in [0.2, 0.25) is 0 Å². The number of benzene rings is 4. The second-order valence-electron chi connectivity index (χ2n) is 9.69. The lowest BCUT2D eigenvalue weighted by atomic mass is 9.83. The normalized spacial score (nSPS) is 11.1. The Balaban J connectivity index is 1.69. The van der Waals surface area contributed by atoms with Crippen molar-refractivity contribution < 1.29 is 24.2 Å². The molecule has 0 unspecified atom stereocenters. The van der Waals surface area contributed by atoms with Crippen LogP contribution in [0.25, 0.3) is 0 Å². The van der Waals surface area contributed by atoms with Crippen LogP contribution in [0, 0.1) is 0 Å². The first-order valence-corrected chi connectivity index (χ1v) is 13.3. The van der Waals surface area contributed by atoms with Gasteiger partial charge in [0, 0.05) is 31.0 Å². The highest BCUT2D eigenvalue weighted by Crippen LogP contribution is 2.36. The van der Waals surface area contributed by atoms with Crippen molar-refractivity contribution in [2.45, 2.75) is 25.1 Å². The number of hydrogen-bond acceptors (Lipinski definition) is 6. The highest BCUT2D eigenvalue weighted by Gasteiger charge is 2.33. The fourth-order valence-corrected chi connectivity index (χ4v) is 4.72. The summed E-state index contributed by atoms with van der Waals surface area (Å²) in [4.78, 5) is 26.1. The van der Waals surface area contributed by atoms with E-state index in [4.69, 9.17) is 9.47 Å². The monoisotopic (exact) mass is 553 g/mol. The van der Waals surface area contributed by atoms with E-state index in [9.17, 15) is 14.7 Å². The van der Waals surface area contributed by atoms with Gasteiger partial charge in [-0.05, 0) is 52.9 Å². The number of anilines is 2. The van der Waals surface area contributed by atoms with Crippen LogP contribution < -0.4 is 10.6 Å². The summed E-state index contributed by atoms with van der Waals surface area (Å²) in [7, 11) is 2.59. The third-order valence-electron chi connectivity index (χ3n) is 6.83. The summed E-state index contributed by atoms with van der Waals surface area (Å²) in [6.45, 7) is 1.93. The molecular weight excluding hydrogens is 518 g/mol. The summed E-state index contributed by atoms with van der Waals surface area (Å²) in [6.07, 6.45) is -0.880. The summed E-state index contributed by atoms with van der Waals surface area (Å²) in [5, 5.41) is 17.8. The van der Waals surface area contributed by atoms with Gasteiger partial charge in [-0.3, -0.25) is 15.5 Å². The van der Waals surface area contributed by atoms with Crippen molar-refractivity contribution in [3.8, 4) is 0 Å². The first-order valence-electron chi connectivity index (χ1n) is 13.3. The minimum Gasteiger partial charge on any atom is -0.453 e. The van der Waals surface area contributed by atoms with Crippen LogP contribution in [0.2, 0.25) is 0 Å². The lowest BCUT2D eigenvalue weighted by molar-refractivity contribution is 0.0550. The van der Waals surface area contributed by atoms with Crippen molar-refractivity contribution >= 4 is 23.6 Å². The highest BCUT2D eigenvalue weighted by atomic mass is 16.5. The standard InChI is InChI=1S/C33H35N3O5/c1-40-31(37)34-29-17-9-15-27(21-29)33(39,28-16-10-18-30(22-28)35-32(38)41-2)19-20-36(23-25-11-5-3-6-12-25)24-26-13-7-4-8-14-26/h3-18,21-22,39H,19-20,23-24H2,1-2H3,(H,34,37)(H,35,38). The van der Waals surface area contributed by atoms with Gasteiger partial charge in [0.05, 0.1) is 14.2 Å². The minimum absolute atomic E-state index is 0.329. The maximum atomic E-state index is 12.5. The molecule has 8 heteroatoms. The highest BCUT2D eigenvalue weighted by molar-refractivity contribution is 5.85. The van der Waals surface area contributed by atoms with Crippen LogP contribution in [0.1, 0.15) is 28.7 Å². The molecule has 0 aliphatic rings. The molecule has 212 valence electrons. The van der Waals surface area contributed by atoms with Crippen molar-refractivity contribution in [3.05, 3.63) is 131 Å². The SMILES string of the molecule is COC(=O)Nc1cccc(C(O)(CCN(Cc2ccccc2)Cc2ccccc2)c2cccc(NC(=O)OC)c2)c1. The van der Waals surface area contributed by atoms with Gasteiger partial charge in [-0.15, -0.1) is 0 Å². The summed E-state index contributed by atoms with van der Waals surface area (Å²) in [6, 6.07) is 34.5. The van der Waals surface area contributed by atoms with Gasteiger partial charge in [-0.2, -0.15) is 0 Å². The summed E-state index contributed by atoms with van der Waals surface area (Å²) >= 11 is 0. The van der Waals surface area contributed by atoms with E-state index < -0.39 is 17.8 Å². The molecule has 0 aliphatic carbocycles. The molecule has 0 spiro atoms. The number of nitrogens with one attached hydrogen (secondary N) is 2. The molecule has 4 aromatic rings. The Kier molecular flexibility index (Phi) is 10.1. The molecule has 0 aliphatic heterocycles. The van der Waals surface area contributed by atoms with E-state index in [2.05, 4.69) is 39.8 Å². The van der Waals surface area contributed by atoms with Crippen molar-refractivity contribution in [2.75, 3.05) is 31.4 Å². The summed E-state index contributed by atoms with van der Waals surface area (Å²) < 4.78 is 9.50. The average molecular weight is 554 g/mol. The Bertz CT molecular complexity index is 1330.